The van der Waals surface area contributed by atoms with Crippen molar-refractivity contribution in [2.45, 2.75) is 25.4 Å². The van der Waals surface area contributed by atoms with Gasteiger partial charge in [-0.15, -0.1) is 22.7 Å². The second-order valence-corrected chi connectivity index (χ2v) is 11.5. The second-order valence-electron chi connectivity index (χ2n) is 8.36. The zero-order valence-electron chi connectivity index (χ0n) is 19.9. The minimum atomic E-state index is -0.939. The van der Waals surface area contributed by atoms with Gasteiger partial charge in [0.15, 0.2) is 0 Å². The van der Waals surface area contributed by atoms with Gasteiger partial charge in [-0.1, -0.05) is 35.7 Å². The van der Waals surface area contributed by atoms with Crippen LogP contribution in [0.4, 0.5) is 10.5 Å². The van der Waals surface area contributed by atoms with Crippen LogP contribution in [0.3, 0.4) is 0 Å². The summed E-state index contributed by atoms with van der Waals surface area (Å²) in [6.45, 7) is 8.94. The first kappa shape index (κ1) is 26.9. The standard InChI is InChI=1S/C27H25N3O4S3/c1-28-23-11-15-35-24(23)7-5-19-3-2-4-20(17-19)18-21(31)9-12-29-14-16-36-27(34)30(29)13-10-22-6-8-25(37-22)26(32)33/h2-4,6,8,11,15,17,21,31H,9-10,12-14,16,18H2,(H,32,33). The van der Waals surface area contributed by atoms with Crippen molar-refractivity contribution in [3.05, 3.63) is 85.0 Å². The average Bonchev–Trinajstić information content (AvgIpc) is 3.55. The molecule has 1 aliphatic rings. The number of amides is 1. The molecule has 3 heterocycles. The molecule has 10 heteroatoms. The lowest BCUT2D eigenvalue weighted by atomic mass is 10.0. The summed E-state index contributed by atoms with van der Waals surface area (Å²) in [6.07, 6.45) is 0.998. The summed E-state index contributed by atoms with van der Waals surface area (Å²) < 4.78 is 0. The molecular weight excluding hydrogens is 527 g/mol. The highest BCUT2D eigenvalue weighted by Gasteiger charge is 2.27. The third-order valence-corrected chi connectivity index (χ3v) is 8.57. The SMILES string of the molecule is [C-]#[N+]c1ccsc1C#Cc1cccc(CC(O)CCN2CCSC(=O)N2CCc2ccc(C(=O)O)s2)c1. The number of aliphatic hydroxyl groups excluding tert-OH is 1. The number of carboxylic acid groups (broad SMARTS) is 1. The van der Waals surface area contributed by atoms with Gasteiger partial charge >= 0.3 is 5.97 Å². The van der Waals surface area contributed by atoms with Crippen LogP contribution in [-0.2, 0) is 12.8 Å². The smallest absolute Gasteiger partial charge is 0.345 e. The summed E-state index contributed by atoms with van der Waals surface area (Å²) in [6, 6.07) is 12.9. The first-order valence-electron chi connectivity index (χ1n) is 11.7. The Balaban J connectivity index is 1.31. The number of hydrazine groups is 1. The summed E-state index contributed by atoms with van der Waals surface area (Å²) in [5, 5.41) is 25.4. The number of benzene rings is 1. The van der Waals surface area contributed by atoms with E-state index in [2.05, 4.69) is 16.7 Å². The van der Waals surface area contributed by atoms with Gasteiger partial charge in [0.25, 0.3) is 5.24 Å². The quantitative estimate of drug-likeness (QED) is 0.274. The Morgan fingerprint density at radius 3 is 2.84 bits per heavy atom. The number of hydrogen-bond acceptors (Lipinski definition) is 7. The van der Waals surface area contributed by atoms with Crippen LogP contribution >= 0.6 is 34.4 Å². The summed E-state index contributed by atoms with van der Waals surface area (Å²) in [5.41, 5.74) is 2.37. The Bertz CT molecular complexity index is 1360. The van der Waals surface area contributed by atoms with E-state index in [1.165, 1.54) is 34.4 Å². The van der Waals surface area contributed by atoms with E-state index in [4.69, 9.17) is 11.7 Å². The minimum Gasteiger partial charge on any atom is -0.477 e. The van der Waals surface area contributed by atoms with Crippen LogP contribution < -0.4 is 0 Å². The van der Waals surface area contributed by atoms with Gasteiger partial charge in [-0.25, -0.2) is 14.6 Å². The van der Waals surface area contributed by atoms with E-state index in [1.54, 1.807) is 23.2 Å². The third-order valence-electron chi connectivity index (χ3n) is 5.77. The normalized spacial score (nSPS) is 14.6. The van der Waals surface area contributed by atoms with E-state index >= 15 is 0 Å². The van der Waals surface area contributed by atoms with Crippen molar-refractivity contribution >= 4 is 51.3 Å². The minimum absolute atomic E-state index is 0.0193. The van der Waals surface area contributed by atoms with E-state index in [0.717, 1.165) is 20.9 Å². The first-order chi connectivity index (χ1) is 17.9. The molecule has 2 N–H and O–H groups in total. The van der Waals surface area contributed by atoms with Gasteiger partial charge in [0.2, 0.25) is 5.69 Å². The van der Waals surface area contributed by atoms with Crippen LogP contribution in [-0.4, -0.2) is 62.9 Å². The molecule has 0 bridgehead atoms. The van der Waals surface area contributed by atoms with E-state index in [-0.39, 0.29) is 5.24 Å². The fourth-order valence-corrected chi connectivity index (χ4v) is 6.26. The van der Waals surface area contributed by atoms with Crippen molar-refractivity contribution in [2.24, 2.45) is 0 Å². The predicted octanol–water partition coefficient (Wildman–Crippen LogP) is 5.38. The maximum Gasteiger partial charge on any atom is 0.345 e. The lowest BCUT2D eigenvalue weighted by molar-refractivity contribution is 0.0148. The molecule has 0 aliphatic carbocycles. The molecule has 7 nitrogen and oxygen atoms in total. The van der Waals surface area contributed by atoms with Crippen LogP contribution in [0.2, 0.25) is 0 Å². The van der Waals surface area contributed by atoms with Crippen molar-refractivity contribution in [3.63, 3.8) is 0 Å². The Morgan fingerprint density at radius 2 is 2.05 bits per heavy atom. The molecule has 0 spiro atoms. The monoisotopic (exact) mass is 551 g/mol. The highest BCUT2D eigenvalue weighted by molar-refractivity contribution is 8.13. The number of nitrogens with zero attached hydrogens (tertiary/aromatic N) is 3. The fraction of sp³-hybridized carbons (Fsp3) is 0.296. The number of aromatic carboxylic acids is 1. The van der Waals surface area contributed by atoms with Gasteiger partial charge < -0.3 is 10.2 Å². The number of hydrogen-bond donors (Lipinski definition) is 2. The van der Waals surface area contributed by atoms with Gasteiger partial charge in [0, 0.05) is 42.2 Å². The van der Waals surface area contributed by atoms with E-state index < -0.39 is 12.1 Å². The lowest BCUT2D eigenvalue weighted by Gasteiger charge is -2.38. The molecule has 1 atom stereocenters. The average molecular weight is 552 g/mol. The molecule has 4 rings (SSSR count). The molecule has 3 aromatic rings. The molecule has 37 heavy (non-hydrogen) atoms. The summed E-state index contributed by atoms with van der Waals surface area (Å²) in [4.78, 5) is 29.1. The maximum absolute atomic E-state index is 12.6. The fourth-order valence-electron chi connectivity index (χ4n) is 3.92. The Hall–Kier alpha value is -3.12. The van der Waals surface area contributed by atoms with E-state index in [9.17, 15) is 14.7 Å². The zero-order valence-corrected chi connectivity index (χ0v) is 22.4. The number of carbonyl (C=O) groups excluding carboxylic acids is 1. The van der Waals surface area contributed by atoms with Crippen molar-refractivity contribution < 1.29 is 19.8 Å². The highest BCUT2D eigenvalue weighted by Crippen LogP contribution is 2.24. The highest BCUT2D eigenvalue weighted by atomic mass is 32.2. The van der Waals surface area contributed by atoms with Crippen molar-refractivity contribution in [1.82, 2.24) is 10.0 Å². The van der Waals surface area contributed by atoms with Gasteiger partial charge in [-0.3, -0.25) is 9.80 Å². The van der Waals surface area contributed by atoms with Crippen molar-refractivity contribution in [1.29, 1.82) is 0 Å². The lowest BCUT2D eigenvalue weighted by Crippen LogP contribution is -2.51. The van der Waals surface area contributed by atoms with E-state index in [0.29, 0.717) is 55.2 Å². The van der Waals surface area contributed by atoms with Crippen LogP contribution in [0.1, 0.15) is 37.0 Å². The van der Waals surface area contributed by atoms with E-state index in [1.807, 2.05) is 34.7 Å². The number of aliphatic hydroxyl groups is 1. The number of carboxylic acids is 1. The Labute approximate surface area is 228 Å². The number of thiophene rings is 2. The zero-order chi connectivity index (χ0) is 26.2. The molecule has 1 amide bonds. The molecule has 2 aromatic heterocycles. The molecule has 1 fully saturated rings. The third kappa shape index (κ3) is 7.45. The van der Waals surface area contributed by atoms with Crippen LogP contribution in [0.25, 0.3) is 4.85 Å². The Morgan fingerprint density at radius 1 is 1.19 bits per heavy atom. The molecule has 1 aliphatic heterocycles. The van der Waals surface area contributed by atoms with Gasteiger partial charge in [0.05, 0.1) is 17.6 Å². The predicted molar refractivity (Wildman–Crippen MR) is 148 cm³/mol. The molecule has 1 saturated heterocycles. The maximum atomic E-state index is 12.6. The van der Waals surface area contributed by atoms with Crippen molar-refractivity contribution in [2.75, 3.05) is 25.4 Å². The number of rotatable bonds is 9. The summed E-state index contributed by atoms with van der Waals surface area (Å²) in [7, 11) is 0. The summed E-state index contributed by atoms with van der Waals surface area (Å²) in [5.74, 6) is 5.94. The molecule has 1 unspecified atom stereocenters. The van der Waals surface area contributed by atoms with Crippen LogP contribution in [0.5, 0.6) is 0 Å². The largest absolute Gasteiger partial charge is 0.477 e. The second kappa shape index (κ2) is 12.9. The molecule has 190 valence electrons. The molecule has 1 aromatic carbocycles. The van der Waals surface area contributed by atoms with Crippen molar-refractivity contribution in [3.8, 4) is 11.8 Å². The number of carbonyl (C=O) groups is 2. The van der Waals surface area contributed by atoms with Gasteiger partial charge in [0.1, 0.15) is 4.88 Å². The van der Waals surface area contributed by atoms with Gasteiger partial charge in [-0.2, -0.15) is 0 Å². The van der Waals surface area contributed by atoms with Crippen LogP contribution in [0, 0.1) is 18.4 Å². The first-order valence-corrected chi connectivity index (χ1v) is 14.4. The van der Waals surface area contributed by atoms with Gasteiger partial charge in [-0.05, 0) is 54.1 Å². The summed E-state index contributed by atoms with van der Waals surface area (Å²) >= 11 is 3.96. The molecule has 0 radical (unpaired) electrons. The number of thioether (sulfide) groups is 1. The topological polar surface area (TPSA) is 85.4 Å². The van der Waals surface area contributed by atoms with Crippen LogP contribution in [0.15, 0.2) is 47.8 Å². The Kier molecular flexibility index (Phi) is 9.40. The molecular formula is C27H25N3O4S3. The molecule has 0 saturated carbocycles.